The highest BCUT2D eigenvalue weighted by Gasteiger charge is 2.22. The standard InChI is InChI=1S/C21H16N2O3/c24-21-19-16(15-6-2-4-8-18(15)26-21)9-10-22-20(19)23-12-14-11-13-5-1-3-7-17(13)25-14/h1-10,14H,11-12H2,(H,22,23). The van der Waals surface area contributed by atoms with Crippen LogP contribution < -0.4 is 15.7 Å². The van der Waals surface area contributed by atoms with E-state index in [-0.39, 0.29) is 11.7 Å². The monoisotopic (exact) mass is 344 g/mol. The van der Waals surface area contributed by atoms with E-state index in [1.54, 1.807) is 12.3 Å². The predicted molar refractivity (Wildman–Crippen MR) is 101 cm³/mol. The molecule has 2 aromatic carbocycles. The first-order valence-corrected chi connectivity index (χ1v) is 8.58. The molecule has 1 aliphatic heterocycles. The SMILES string of the molecule is O=c1oc2ccccc2c2ccnc(NCC3Cc4ccccc4O3)c12. The van der Waals surface area contributed by atoms with Crippen LogP contribution in [0, 0.1) is 0 Å². The normalized spacial score (nSPS) is 15.8. The van der Waals surface area contributed by atoms with Crippen LogP contribution in [0.5, 0.6) is 5.75 Å². The smallest absolute Gasteiger partial charge is 0.347 e. The van der Waals surface area contributed by atoms with Gasteiger partial charge in [0.1, 0.15) is 28.6 Å². The lowest BCUT2D eigenvalue weighted by Gasteiger charge is -2.13. The Balaban J connectivity index is 1.48. The zero-order valence-electron chi connectivity index (χ0n) is 13.9. The summed E-state index contributed by atoms with van der Waals surface area (Å²) in [6, 6.07) is 17.4. The molecule has 0 saturated carbocycles. The Morgan fingerprint density at radius 3 is 2.81 bits per heavy atom. The average Bonchev–Trinajstić information content (AvgIpc) is 3.09. The molecule has 128 valence electrons. The topological polar surface area (TPSA) is 64.4 Å². The van der Waals surface area contributed by atoms with Gasteiger partial charge in [0.25, 0.3) is 0 Å². The molecule has 5 nitrogen and oxygen atoms in total. The van der Waals surface area contributed by atoms with Crippen LogP contribution in [-0.2, 0) is 6.42 Å². The molecule has 0 spiro atoms. The van der Waals surface area contributed by atoms with Gasteiger partial charge < -0.3 is 14.5 Å². The molecule has 0 saturated heterocycles. The fourth-order valence-electron chi connectivity index (χ4n) is 3.53. The van der Waals surface area contributed by atoms with E-state index in [9.17, 15) is 4.79 Å². The Kier molecular flexibility index (Phi) is 3.38. The Bertz CT molecular complexity index is 1160. The summed E-state index contributed by atoms with van der Waals surface area (Å²) in [5.74, 6) is 1.46. The lowest BCUT2D eigenvalue weighted by molar-refractivity contribution is 0.246. The van der Waals surface area contributed by atoms with E-state index in [2.05, 4.69) is 16.4 Å². The third-order valence-corrected chi connectivity index (χ3v) is 4.75. The van der Waals surface area contributed by atoms with Crippen LogP contribution in [0.4, 0.5) is 5.82 Å². The number of rotatable bonds is 3. The zero-order valence-corrected chi connectivity index (χ0v) is 13.9. The Labute approximate surface area is 149 Å². The van der Waals surface area contributed by atoms with Crippen molar-refractivity contribution >= 4 is 27.6 Å². The Morgan fingerprint density at radius 1 is 1.04 bits per heavy atom. The van der Waals surface area contributed by atoms with E-state index in [1.807, 2.05) is 42.5 Å². The first-order chi connectivity index (χ1) is 12.8. The molecule has 4 aromatic rings. The number of para-hydroxylation sites is 2. The molecule has 1 N–H and O–H groups in total. The van der Waals surface area contributed by atoms with Crippen molar-refractivity contribution in [2.75, 3.05) is 11.9 Å². The van der Waals surface area contributed by atoms with E-state index in [4.69, 9.17) is 9.15 Å². The van der Waals surface area contributed by atoms with Gasteiger partial charge in [-0.2, -0.15) is 0 Å². The first-order valence-electron chi connectivity index (χ1n) is 8.58. The number of nitrogens with one attached hydrogen (secondary N) is 1. The van der Waals surface area contributed by atoms with Crippen molar-refractivity contribution in [1.82, 2.24) is 4.98 Å². The van der Waals surface area contributed by atoms with Gasteiger partial charge in [-0.3, -0.25) is 0 Å². The van der Waals surface area contributed by atoms with Gasteiger partial charge in [-0.15, -0.1) is 0 Å². The van der Waals surface area contributed by atoms with Gasteiger partial charge in [0, 0.05) is 23.4 Å². The van der Waals surface area contributed by atoms with Crippen molar-refractivity contribution in [2.45, 2.75) is 12.5 Å². The maximum Gasteiger partial charge on any atom is 0.347 e. The summed E-state index contributed by atoms with van der Waals surface area (Å²) in [5.41, 5.74) is 1.40. The molecule has 3 heterocycles. The van der Waals surface area contributed by atoms with E-state index in [0.717, 1.165) is 22.9 Å². The van der Waals surface area contributed by atoms with Gasteiger partial charge in [-0.05, 0) is 23.8 Å². The van der Waals surface area contributed by atoms with Crippen LogP contribution in [0.15, 0.2) is 70.0 Å². The molecule has 1 aliphatic rings. The minimum atomic E-state index is -0.384. The maximum absolute atomic E-state index is 12.5. The summed E-state index contributed by atoms with van der Waals surface area (Å²) in [5, 5.41) is 5.49. The molecule has 0 bridgehead atoms. The van der Waals surface area contributed by atoms with Gasteiger partial charge in [-0.25, -0.2) is 9.78 Å². The number of nitrogens with zero attached hydrogens (tertiary/aromatic N) is 1. The van der Waals surface area contributed by atoms with Crippen molar-refractivity contribution in [3.8, 4) is 5.75 Å². The number of ether oxygens (including phenoxy) is 1. The third kappa shape index (κ3) is 2.40. The zero-order chi connectivity index (χ0) is 17.5. The molecule has 5 rings (SSSR count). The van der Waals surface area contributed by atoms with E-state index in [1.165, 1.54) is 5.56 Å². The minimum Gasteiger partial charge on any atom is -0.488 e. The van der Waals surface area contributed by atoms with Gasteiger partial charge in [0.05, 0.1) is 6.54 Å². The van der Waals surface area contributed by atoms with Crippen LogP contribution in [-0.4, -0.2) is 17.6 Å². The minimum absolute atomic E-state index is 0.0111. The van der Waals surface area contributed by atoms with Crippen molar-refractivity contribution in [2.24, 2.45) is 0 Å². The van der Waals surface area contributed by atoms with Gasteiger partial charge in [0.2, 0.25) is 0 Å². The molecule has 0 fully saturated rings. The van der Waals surface area contributed by atoms with Gasteiger partial charge in [-0.1, -0.05) is 36.4 Å². The number of anilines is 1. The number of benzene rings is 2. The average molecular weight is 344 g/mol. The summed E-state index contributed by atoms with van der Waals surface area (Å²) >= 11 is 0. The van der Waals surface area contributed by atoms with Crippen molar-refractivity contribution in [1.29, 1.82) is 0 Å². The lowest BCUT2D eigenvalue weighted by Crippen LogP contribution is -2.24. The molecule has 2 aromatic heterocycles. The van der Waals surface area contributed by atoms with Crippen molar-refractivity contribution < 1.29 is 9.15 Å². The lowest BCUT2D eigenvalue weighted by atomic mass is 10.1. The Hall–Kier alpha value is -3.34. The molecule has 1 atom stereocenters. The number of aromatic nitrogens is 1. The summed E-state index contributed by atoms with van der Waals surface area (Å²) in [6.07, 6.45) is 2.56. The molecule has 0 amide bonds. The summed E-state index contributed by atoms with van der Waals surface area (Å²) in [4.78, 5) is 16.9. The Morgan fingerprint density at radius 2 is 1.88 bits per heavy atom. The molecule has 1 unspecified atom stereocenters. The number of pyridine rings is 1. The van der Waals surface area contributed by atoms with Crippen LogP contribution >= 0.6 is 0 Å². The van der Waals surface area contributed by atoms with Crippen LogP contribution in [0.2, 0.25) is 0 Å². The molecule has 0 aliphatic carbocycles. The first kappa shape index (κ1) is 15.0. The summed E-state index contributed by atoms with van der Waals surface area (Å²) < 4.78 is 11.4. The highest BCUT2D eigenvalue weighted by molar-refractivity contribution is 6.07. The molecular formula is C21H16N2O3. The maximum atomic E-state index is 12.5. The highest BCUT2D eigenvalue weighted by atomic mass is 16.5. The van der Waals surface area contributed by atoms with E-state index >= 15 is 0 Å². The highest BCUT2D eigenvalue weighted by Crippen LogP contribution is 2.29. The molecule has 26 heavy (non-hydrogen) atoms. The predicted octanol–water partition coefficient (Wildman–Crippen LogP) is 3.76. The van der Waals surface area contributed by atoms with Crippen LogP contribution in [0.3, 0.4) is 0 Å². The second kappa shape index (κ2) is 5.88. The largest absolute Gasteiger partial charge is 0.488 e. The van der Waals surface area contributed by atoms with Gasteiger partial charge in [0.15, 0.2) is 0 Å². The second-order valence-electron chi connectivity index (χ2n) is 6.40. The van der Waals surface area contributed by atoms with E-state index < -0.39 is 0 Å². The molecule has 0 radical (unpaired) electrons. The second-order valence-corrected chi connectivity index (χ2v) is 6.40. The summed E-state index contributed by atoms with van der Waals surface area (Å²) in [6.45, 7) is 0.563. The fraction of sp³-hybridized carbons (Fsp3) is 0.143. The van der Waals surface area contributed by atoms with Crippen molar-refractivity contribution in [3.05, 3.63) is 76.8 Å². The van der Waals surface area contributed by atoms with Gasteiger partial charge >= 0.3 is 5.63 Å². The van der Waals surface area contributed by atoms with E-state index in [0.29, 0.717) is 23.3 Å². The molecular weight excluding hydrogens is 328 g/mol. The molecule has 5 heteroatoms. The number of hydrogen-bond donors (Lipinski definition) is 1. The number of fused-ring (bicyclic) bond motifs is 4. The van der Waals surface area contributed by atoms with Crippen LogP contribution in [0.1, 0.15) is 5.56 Å². The fourth-order valence-corrected chi connectivity index (χ4v) is 3.53. The summed E-state index contributed by atoms with van der Waals surface area (Å²) in [7, 11) is 0. The number of hydrogen-bond acceptors (Lipinski definition) is 5. The third-order valence-electron chi connectivity index (χ3n) is 4.75. The van der Waals surface area contributed by atoms with Crippen LogP contribution in [0.25, 0.3) is 21.7 Å². The quantitative estimate of drug-likeness (QED) is 0.453. The van der Waals surface area contributed by atoms with Crippen molar-refractivity contribution in [3.63, 3.8) is 0 Å².